The Morgan fingerprint density at radius 3 is 2.42 bits per heavy atom. The van der Waals surface area contributed by atoms with Gasteiger partial charge in [-0.15, -0.1) is 0 Å². The highest BCUT2D eigenvalue weighted by molar-refractivity contribution is 6.31. The largest absolute Gasteiger partial charge is 0.508 e. The van der Waals surface area contributed by atoms with Gasteiger partial charge in [-0.2, -0.15) is 0 Å². The van der Waals surface area contributed by atoms with Crippen molar-refractivity contribution >= 4 is 45.7 Å². The van der Waals surface area contributed by atoms with Crippen LogP contribution in [0.1, 0.15) is 37.5 Å². The van der Waals surface area contributed by atoms with Crippen LogP contribution in [0, 0.1) is 0 Å². The van der Waals surface area contributed by atoms with E-state index < -0.39 is 0 Å². The molecule has 4 aromatic carbocycles. The number of phenols is 1. The molecule has 1 N–H and O–H groups in total. The van der Waals surface area contributed by atoms with Gasteiger partial charge in [-0.1, -0.05) is 35.9 Å². The van der Waals surface area contributed by atoms with Gasteiger partial charge < -0.3 is 28.6 Å². The normalized spacial score (nSPS) is 17.2. The van der Waals surface area contributed by atoms with Crippen LogP contribution in [-0.4, -0.2) is 81.4 Å². The van der Waals surface area contributed by atoms with Crippen molar-refractivity contribution in [2.24, 2.45) is 7.05 Å². The van der Waals surface area contributed by atoms with Crippen molar-refractivity contribution in [3.05, 3.63) is 136 Å². The number of nitrogens with zero attached hydrogens (tertiary/aromatic N) is 5. The third kappa shape index (κ3) is 6.69. The van der Waals surface area contributed by atoms with Crippen molar-refractivity contribution < 1.29 is 24.2 Å². The van der Waals surface area contributed by atoms with Gasteiger partial charge in [-0.05, 0) is 90.3 Å². The molecule has 3 aliphatic heterocycles. The fourth-order valence-corrected chi connectivity index (χ4v) is 8.56. The third-order valence-electron chi connectivity index (χ3n) is 11.3. The van der Waals surface area contributed by atoms with Crippen LogP contribution in [0.15, 0.2) is 103 Å². The monoisotopic (exact) mass is 755 g/mol. The van der Waals surface area contributed by atoms with Gasteiger partial charge in [-0.3, -0.25) is 19.4 Å². The number of benzene rings is 4. The zero-order valence-corrected chi connectivity index (χ0v) is 31.4. The van der Waals surface area contributed by atoms with Crippen molar-refractivity contribution in [3.63, 3.8) is 0 Å². The summed E-state index contributed by atoms with van der Waals surface area (Å²) in [5.74, 6) is -0.222. The molecule has 6 aromatic rings. The molecule has 2 amide bonds. The smallest absolute Gasteiger partial charge is 0.264 e. The molecule has 1 atom stereocenters. The van der Waals surface area contributed by atoms with Gasteiger partial charge in [0.25, 0.3) is 11.8 Å². The Balaban J connectivity index is 1.13. The average molecular weight is 756 g/mol. The number of phenolic OH excluding ortho intramolecular Hbond substituents is 1. The number of amides is 2. The number of aryl methyl sites for hydroxylation is 1. The standard InChI is InChI=1S/C44H42ClN5O5/c1-46-15-14-30-23-34(9-13-40(30)46)50(33-7-10-36(51)11-8-33)44(53)39-25-41(48-18-21-55-28-42(39)48)38-24-32(45)6-12-37(38)43(52)49-26-31-5-3-2-4-29(31)22-35(49)27-47-16-19-54-20-17-47/h2-15,23-25,35,51H,16-22,26-28H2,1H3/t35-/m0/s1. The molecule has 5 heterocycles. The number of morpholine rings is 1. The van der Waals surface area contributed by atoms with Gasteiger partial charge >= 0.3 is 0 Å². The molecule has 0 radical (unpaired) electrons. The Hall–Kier alpha value is -5.39. The van der Waals surface area contributed by atoms with Crippen LogP contribution >= 0.6 is 11.6 Å². The minimum atomic E-state index is -0.255. The Morgan fingerprint density at radius 2 is 1.60 bits per heavy atom. The van der Waals surface area contributed by atoms with Gasteiger partial charge in [0, 0.05) is 90.4 Å². The lowest BCUT2D eigenvalue weighted by Crippen LogP contribution is -2.52. The summed E-state index contributed by atoms with van der Waals surface area (Å²) in [7, 11) is 1.99. The van der Waals surface area contributed by atoms with E-state index in [0.717, 1.165) is 53.9 Å². The van der Waals surface area contributed by atoms with E-state index in [2.05, 4.69) is 27.7 Å². The van der Waals surface area contributed by atoms with Crippen LogP contribution in [0.3, 0.4) is 0 Å². The van der Waals surface area contributed by atoms with E-state index in [0.29, 0.717) is 66.0 Å². The Morgan fingerprint density at radius 1 is 0.836 bits per heavy atom. The second-order valence-corrected chi connectivity index (χ2v) is 15.0. The fraction of sp³-hybridized carbons (Fsp3) is 0.273. The first kappa shape index (κ1) is 35.3. The van der Waals surface area contributed by atoms with E-state index in [1.165, 1.54) is 5.56 Å². The van der Waals surface area contributed by atoms with Gasteiger partial charge in [0.1, 0.15) is 5.75 Å². The molecule has 0 unspecified atom stereocenters. The molecule has 1 saturated heterocycles. The highest BCUT2D eigenvalue weighted by Gasteiger charge is 2.35. The number of rotatable bonds is 7. The van der Waals surface area contributed by atoms with E-state index in [1.807, 2.05) is 71.2 Å². The van der Waals surface area contributed by atoms with Crippen LogP contribution in [0.5, 0.6) is 5.75 Å². The van der Waals surface area contributed by atoms with Gasteiger partial charge in [-0.25, -0.2) is 0 Å². The second-order valence-electron chi connectivity index (χ2n) is 14.6. The predicted molar refractivity (Wildman–Crippen MR) is 213 cm³/mol. The number of fused-ring (bicyclic) bond motifs is 3. The molecule has 3 aliphatic rings. The summed E-state index contributed by atoms with van der Waals surface area (Å²) in [6, 6.07) is 30.3. The third-order valence-corrected chi connectivity index (χ3v) is 11.5. The number of halogens is 1. The minimum absolute atomic E-state index is 0.0309. The van der Waals surface area contributed by atoms with Crippen LogP contribution < -0.4 is 4.90 Å². The number of carbonyl (C=O) groups is 2. The fourth-order valence-electron chi connectivity index (χ4n) is 8.39. The first-order chi connectivity index (χ1) is 26.8. The molecule has 10 nitrogen and oxygen atoms in total. The van der Waals surface area contributed by atoms with Crippen LogP contribution in [0.25, 0.3) is 22.2 Å². The SMILES string of the molecule is Cn1ccc2cc(N(C(=O)c3cc(-c4cc(Cl)ccc4C(=O)N4Cc5ccccc5C[C@H]4CN4CCOCC4)n4c3COCC4)c3ccc(O)cc3)ccc21. The number of hydrogen-bond donors (Lipinski definition) is 1. The van der Waals surface area contributed by atoms with Gasteiger partial charge in [0.05, 0.1) is 43.4 Å². The lowest BCUT2D eigenvalue weighted by atomic mass is 9.92. The van der Waals surface area contributed by atoms with Crippen LogP contribution in [-0.2, 0) is 42.6 Å². The summed E-state index contributed by atoms with van der Waals surface area (Å²) in [6.45, 7) is 5.50. The summed E-state index contributed by atoms with van der Waals surface area (Å²) in [6.07, 6.45) is 2.76. The average Bonchev–Trinajstić information content (AvgIpc) is 3.79. The van der Waals surface area contributed by atoms with Gasteiger partial charge in [0.2, 0.25) is 0 Å². The quantitative estimate of drug-likeness (QED) is 0.183. The number of hydrogen-bond acceptors (Lipinski definition) is 6. The van der Waals surface area contributed by atoms with E-state index in [9.17, 15) is 9.90 Å². The van der Waals surface area contributed by atoms with E-state index >= 15 is 4.79 Å². The molecular weight excluding hydrogens is 714 g/mol. The van der Waals surface area contributed by atoms with E-state index in [1.54, 1.807) is 35.2 Å². The first-order valence-corrected chi connectivity index (χ1v) is 19.2. The van der Waals surface area contributed by atoms with Crippen molar-refractivity contribution in [1.29, 1.82) is 0 Å². The predicted octanol–water partition coefficient (Wildman–Crippen LogP) is 7.41. The molecular formula is C44H42ClN5O5. The summed E-state index contributed by atoms with van der Waals surface area (Å²) in [4.78, 5) is 36.1. The van der Waals surface area contributed by atoms with Gasteiger partial charge in [0.15, 0.2) is 0 Å². The molecule has 0 saturated carbocycles. The maximum absolute atomic E-state index is 15.0. The zero-order valence-electron chi connectivity index (χ0n) is 30.7. The molecule has 0 aliphatic carbocycles. The maximum Gasteiger partial charge on any atom is 0.264 e. The van der Waals surface area contributed by atoms with Crippen LogP contribution in [0.2, 0.25) is 5.02 Å². The first-order valence-electron chi connectivity index (χ1n) is 18.8. The molecule has 0 bridgehead atoms. The summed E-state index contributed by atoms with van der Waals surface area (Å²) in [5, 5.41) is 11.6. The molecule has 9 rings (SSSR count). The van der Waals surface area contributed by atoms with Crippen molar-refractivity contribution in [2.75, 3.05) is 44.4 Å². The molecule has 2 aromatic heterocycles. The summed E-state index contributed by atoms with van der Waals surface area (Å²) in [5.41, 5.74) is 7.89. The molecule has 280 valence electrons. The maximum atomic E-state index is 15.0. The molecule has 55 heavy (non-hydrogen) atoms. The number of aromatic nitrogens is 2. The summed E-state index contributed by atoms with van der Waals surface area (Å²) < 4.78 is 15.8. The van der Waals surface area contributed by atoms with Crippen LogP contribution in [0.4, 0.5) is 11.4 Å². The number of ether oxygens (including phenoxy) is 2. The van der Waals surface area contributed by atoms with Crippen molar-refractivity contribution in [2.45, 2.75) is 32.2 Å². The Labute approximate surface area is 324 Å². The van der Waals surface area contributed by atoms with E-state index in [4.69, 9.17) is 21.1 Å². The Kier molecular flexibility index (Phi) is 9.43. The van der Waals surface area contributed by atoms with E-state index in [-0.39, 0.29) is 30.2 Å². The minimum Gasteiger partial charge on any atom is -0.508 e. The lowest BCUT2D eigenvalue weighted by molar-refractivity contribution is 0.0193. The summed E-state index contributed by atoms with van der Waals surface area (Å²) >= 11 is 6.73. The number of carbonyl (C=O) groups excluding carboxylic acids is 2. The second kappa shape index (κ2) is 14.7. The van der Waals surface area contributed by atoms with Crippen molar-refractivity contribution in [3.8, 4) is 17.0 Å². The number of aromatic hydroxyl groups is 1. The Bertz CT molecular complexity index is 2410. The number of anilines is 2. The highest BCUT2D eigenvalue weighted by Crippen LogP contribution is 2.38. The lowest BCUT2D eigenvalue weighted by Gasteiger charge is -2.40. The van der Waals surface area contributed by atoms with Crippen molar-refractivity contribution in [1.82, 2.24) is 18.9 Å². The molecule has 1 fully saturated rings. The highest BCUT2D eigenvalue weighted by atomic mass is 35.5. The molecule has 11 heteroatoms. The topological polar surface area (TPSA) is 92.4 Å². The zero-order chi connectivity index (χ0) is 37.6. The molecule has 0 spiro atoms.